The zero-order valence-electron chi connectivity index (χ0n) is 20.0. The molecule has 2 aromatic rings. The first kappa shape index (κ1) is 23.6. The highest BCUT2D eigenvalue weighted by molar-refractivity contribution is 5.94. The fourth-order valence-corrected chi connectivity index (χ4v) is 5.87. The van der Waals surface area contributed by atoms with Crippen LogP contribution < -0.4 is 9.47 Å². The average molecular weight is 482 g/mol. The summed E-state index contributed by atoms with van der Waals surface area (Å²) in [6.45, 7) is 4.42. The first-order valence-electron chi connectivity index (χ1n) is 12.0. The number of ether oxygens (including phenoxy) is 3. The predicted molar refractivity (Wildman–Crippen MR) is 126 cm³/mol. The van der Waals surface area contributed by atoms with Gasteiger partial charge in [-0.15, -0.1) is 0 Å². The molecule has 0 aromatic heterocycles. The molecule has 0 bridgehead atoms. The highest BCUT2D eigenvalue weighted by Crippen LogP contribution is 2.56. The van der Waals surface area contributed by atoms with Gasteiger partial charge in [0.2, 0.25) is 0 Å². The van der Waals surface area contributed by atoms with E-state index in [1.165, 1.54) is 0 Å². The maximum Gasteiger partial charge on any atom is 0.341 e. The number of para-hydroxylation sites is 1. The lowest BCUT2D eigenvalue weighted by Crippen LogP contribution is -2.62. The van der Waals surface area contributed by atoms with Gasteiger partial charge in [-0.05, 0) is 51.0 Å². The molecule has 0 saturated carbocycles. The maximum absolute atomic E-state index is 13.4. The largest absolute Gasteiger partial charge is 0.487 e. The van der Waals surface area contributed by atoms with E-state index < -0.39 is 23.6 Å². The molecule has 4 atom stereocenters. The van der Waals surface area contributed by atoms with Crippen LogP contribution >= 0.6 is 0 Å². The van der Waals surface area contributed by atoms with Gasteiger partial charge in [-0.2, -0.15) is 0 Å². The van der Waals surface area contributed by atoms with Gasteiger partial charge in [0.15, 0.2) is 6.61 Å². The highest BCUT2D eigenvalue weighted by atomic mass is 16.5. The number of amides is 1. The number of carboxylic acid groups (broad SMARTS) is 1. The molecular weight excluding hydrogens is 450 g/mol. The van der Waals surface area contributed by atoms with Crippen molar-refractivity contribution in [3.05, 3.63) is 59.7 Å². The summed E-state index contributed by atoms with van der Waals surface area (Å²) < 4.78 is 18.3. The first-order chi connectivity index (χ1) is 16.7. The fourth-order valence-electron chi connectivity index (χ4n) is 5.87. The van der Waals surface area contributed by atoms with Crippen LogP contribution in [0, 0.1) is 11.3 Å². The van der Waals surface area contributed by atoms with Crippen molar-refractivity contribution in [2.75, 3.05) is 26.3 Å². The van der Waals surface area contributed by atoms with Gasteiger partial charge >= 0.3 is 5.97 Å². The van der Waals surface area contributed by atoms with Gasteiger partial charge in [-0.25, -0.2) is 4.79 Å². The topological polar surface area (TPSA) is 106 Å². The molecule has 186 valence electrons. The second kappa shape index (κ2) is 8.84. The van der Waals surface area contributed by atoms with Gasteiger partial charge in [0.05, 0.1) is 18.8 Å². The minimum absolute atomic E-state index is 0.0172. The standard InChI is InChI=1S/C27H31NO7/c1-26(2)20-13-27(16-29)15-28(25(32)17-6-5-7-18(12-17)33-14-23(30)31)11-10-22(27)34-24(20)19-8-3-4-9-21(19)35-26/h3-9,12,20,22,24,29H,10-11,13-16H2,1-2H3,(H,30,31)/t20-,22-,24+,27+/m1/s1. The van der Waals surface area contributed by atoms with Crippen LogP contribution in [0.15, 0.2) is 48.5 Å². The Morgan fingerprint density at radius 2 is 1.97 bits per heavy atom. The van der Waals surface area contributed by atoms with Gasteiger partial charge in [0.25, 0.3) is 5.91 Å². The van der Waals surface area contributed by atoms with Crippen LogP contribution in [0.3, 0.4) is 0 Å². The zero-order valence-corrected chi connectivity index (χ0v) is 20.0. The van der Waals surface area contributed by atoms with Crippen LogP contribution in [-0.4, -0.2) is 65.0 Å². The van der Waals surface area contributed by atoms with Gasteiger partial charge in [-0.1, -0.05) is 24.3 Å². The fraction of sp³-hybridized carbons (Fsp3) is 0.481. The summed E-state index contributed by atoms with van der Waals surface area (Å²) in [4.78, 5) is 26.0. The number of likely N-dealkylation sites (tertiary alicyclic amines) is 1. The molecule has 3 aliphatic heterocycles. The summed E-state index contributed by atoms with van der Waals surface area (Å²) in [5.74, 6) is -0.0738. The van der Waals surface area contributed by atoms with Crippen molar-refractivity contribution in [2.24, 2.45) is 11.3 Å². The Labute approximate surface area is 204 Å². The van der Waals surface area contributed by atoms with Crippen LogP contribution in [0.2, 0.25) is 0 Å². The molecule has 2 saturated heterocycles. The average Bonchev–Trinajstić information content (AvgIpc) is 2.85. The van der Waals surface area contributed by atoms with Crippen LogP contribution in [0.1, 0.15) is 48.7 Å². The monoisotopic (exact) mass is 481 g/mol. The van der Waals surface area contributed by atoms with E-state index in [9.17, 15) is 14.7 Å². The molecule has 0 aliphatic carbocycles. The van der Waals surface area contributed by atoms with Crippen molar-refractivity contribution in [1.29, 1.82) is 0 Å². The summed E-state index contributed by atoms with van der Waals surface area (Å²) in [5.41, 5.74) is 0.373. The molecule has 2 aromatic carbocycles. The van der Waals surface area contributed by atoms with Crippen molar-refractivity contribution < 1.29 is 34.0 Å². The van der Waals surface area contributed by atoms with E-state index >= 15 is 0 Å². The second-order valence-corrected chi connectivity index (χ2v) is 10.3. The van der Waals surface area contributed by atoms with E-state index in [2.05, 4.69) is 13.8 Å². The normalized spacial score (nSPS) is 28.7. The number of aliphatic hydroxyl groups excluding tert-OH is 1. The molecule has 0 radical (unpaired) electrons. The number of hydrogen-bond donors (Lipinski definition) is 2. The predicted octanol–water partition coefficient (Wildman–Crippen LogP) is 3.29. The molecule has 8 heteroatoms. The number of aliphatic hydroxyl groups is 1. The van der Waals surface area contributed by atoms with Gasteiger partial charge in [0.1, 0.15) is 17.1 Å². The lowest BCUT2D eigenvalue weighted by molar-refractivity contribution is -0.228. The quantitative estimate of drug-likeness (QED) is 0.675. The number of piperidine rings is 1. The Hall–Kier alpha value is -3.10. The minimum atomic E-state index is -1.08. The summed E-state index contributed by atoms with van der Waals surface area (Å²) in [7, 11) is 0. The molecule has 1 amide bonds. The van der Waals surface area contributed by atoms with Crippen LogP contribution in [0.5, 0.6) is 11.5 Å². The Balaban J connectivity index is 1.38. The number of carbonyl (C=O) groups is 2. The summed E-state index contributed by atoms with van der Waals surface area (Å²) in [6, 6.07) is 14.5. The molecule has 5 rings (SSSR count). The zero-order chi connectivity index (χ0) is 24.8. The van der Waals surface area contributed by atoms with Gasteiger partial charge in [0, 0.05) is 35.5 Å². The number of carboxylic acids is 1. The summed E-state index contributed by atoms with van der Waals surface area (Å²) in [5, 5.41) is 19.5. The van der Waals surface area contributed by atoms with E-state index in [1.807, 2.05) is 24.3 Å². The molecule has 35 heavy (non-hydrogen) atoms. The Bertz CT molecular complexity index is 1130. The van der Waals surface area contributed by atoms with Crippen molar-refractivity contribution in [1.82, 2.24) is 4.90 Å². The van der Waals surface area contributed by atoms with Gasteiger partial charge in [-0.3, -0.25) is 4.79 Å². The van der Waals surface area contributed by atoms with E-state index in [0.29, 0.717) is 37.2 Å². The Morgan fingerprint density at radius 1 is 1.17 bits per heavy atom. The number of hydrogen-bond acceptors (Lipinski definition) is 6. The third-order valence-corrected chi connectivity index (χ3v) is 7.69. The number of nitrogens with zero attached hydrogens (tertiary/aromatic N) is 1. The van der Waals surface area contributed by atoms with Crippen molar-refractivity contribution in [3.63, 3.8) is 0 Å². The third kappa shape index (κ3) is 4.25. The highest BCUT2D eigenvalue weighted by Gasteiger charge is 2.57. The molecular formula is C27H31NO7. The number of benzene rings is 2. The van der Waals surface area contributed by atoms with Crippen LogP contribution in [-0.2, 0) is 9.53 Å². The number of fused-ring (bicyclic) bond motifs is 4. The minimum Gasteiger partial charge on any atom is -0.487 e. The first-order valence-corrected chi connectivity index (χ1v) is 12.0. The van der Waals surface area contributed by atoms with E-state index in [0.717, 1.165) is 11.3 Å². The lowest BCUT2D eigenvalue weighted by atomic mass is 9.63. The lowest BCUT2D eigenvalue weighted by Gasteiger charge is -2.58. The van der Waals surface area contributed by atoms with Crippen LogP contribution in [0.25, 0.3) is 0 Å². The van der Waals surface area contributed by atoms with Crippen molar-refractivity contribution in [3.8, 4) is 11.5 Å². The SMILES string of the molecule is CC1(C)Oc2ccccc2[C@@H]2O[C@@H]3CCN(C(=O)c4cccc(OCC(=O)O)c4)C[C@]3(CO)C[C@H]21. The smallest absolute Gasteiger partial charge is 0.341 e. The number of carbonyl (C=O) groups excluding carboxylic acids is 1. The summed E-state index contributed by atoms with van der Waals surface area (Å²) >= 11 is 0. The number of aliphatic carboxylic acids is 1. The summed E-state index contributed by atoms with van der Waals surface area (Å²) in [6.07, 6.45) is 0.995. The van der Waals surface area contributed by atoms with E-state index in [1.54, 1.807) is 29.2 Å². The van der Waals surface area contributed by atoms with Gasteiger partial charge < -0.3 is 29.3 Å². The Kier molecular flexibility index (Phi) is 5.97. The third-order valence-electron chi connectivity index (χ3n) is 7.69. The van der Waals surface area contributed by atoms with E-state index in [-0.39, 0.29) is 30.6 Å². The molecule has 8 nitrogen and oxygen atoms in total. The molecule has 2 N–H and O–H groups in total. The van der Waals surface area contributed by atoms with Crippen molar-refractivity contribution >= 4 is 11.9 Å². The molecule has 3 aliphatic rings. The molecule has 0 unspecified atom stereocenters. The van der Waals surface area contributed by atoms with Crippen LogP contribution in [0.4, 0.5) is 0 Å². The Morgan fingerprint density at radius 3 is 2.74 bits per heavy atom. The maximum atomic E-state index is 13.4. The second-order valence-electron chi connectivity index (χ2n) is 10.3. The molecule has 2 fully saturated rings. The van der Waals surface area contributed by atoms with E-state index in [4.69, 9.17) is 19.3 Å². The molecule has 3 heterocycles. The molecule has 0 spiro atoms. The van der Waals surface area contributed by atoms with Crippen molar-refractivity contribution in [2.45, 2.75) is 44.5 Å². The number of rotatable bonds is 5.